The Balaban J connectivity index is 1.70. The normalized spacial score (nSPS) is 14.5. The fourth-order valence-electron chi connectivity index (χ4n) is 3.28. The molecule has 1 N–H and O–H groups in total. The van der Waals surface area contributed by atoms with Gasteiger partial charge in [-0.15, -0.1) is 0 Å². The van der Waals surface area contributed by atoms with Crippen LogP contribution in [0.5, 0.6) is 5.75 Å². The highest BCUT2D eigenvalue weighted by Crippen LogP contribution is 2.27. The standard InChI is InChI=1S/C18H18N4O5S/c1-26-16-5-3-2-4-15(16)22-14-8-10-21(12-13(14)6-7-18(22)23)28(24,25)20-17-9-11-27-19-17/h2-7,9,11H,8,10,12H2,1H3,(H,19,20). The molecule has 0 fully saturated rings. The summed E-state index contributed by atoms with van der Waals surface area (Å²) in [6, 6.07) is 11.8. The lowest BCUT2D eigenvalue weighted by atomic mass is 10.1. The van der Waals surface area contributed by atoms with Crippen LogP contribution in [0.15, 0.2) is 58.0 Å². The number of para-hydroxylation sites is 2. The first-order chi connectivity index (χ1) is 13.5. The van der Waals surface area contributed by atoms with Gasteiger partial charge in [0.05, 0.1) is 12.8 Å². The molecular formula is C18H18N4O5S. The third-order valence-corrected chi connectivity index (χ3v) is 6.03. The Labute approximate surface area is 161 Å². The number of benzene rings is 1. The van der Waals surface area contributed by atoms with E-state index >= 15 is 0 Å². The van der Waals surface area contributed by atoms with Gasteiger partial charge < -0.3 is 9.26 Å². The monoisotopic (exact) mass is 402 g/mol. The summed E-state index contributed by atoms with van der Waals surface area (Å²) in [7, 11) is -2.26. The maximum absolute atomic E-state index is 12.6. The molecule has 0 amide bonds. The SMILES string of the molecule is COc1ccccc1-n1c2c(ccc1=O)CN(S(=O)(=O)Nc1ccon1)CC2. The molecule has 0 bridgehead atoms. The number of hydrogen-bond donors (Lipinski definition) is 1. The zero-order chi connectivity index (χ0) is 19.7. The molecule has 0 saturated carbocycles. The lowest BCUT2D eigenvalue weighted by molar-refractivity contribution is 0.384. The number of methoxy groups -OCH3 is 1. The van der Waals surface area contributed by atoms with Crippen molar-refractivity contribution in [2.45, 2.75) is 13.0 Å². The number of pyridine rings is 1. The smallest absolute Gasteiger partial charge is 0.303 e. The van der Waals surface area contributed by atoms with Crippen molar-refractivity contribution in [3.63, 3.8) is 0 Å². The van der Waals surface area contributed by atoms with E-state index in [0.29, 0.717) is 17.9 Å². The van der Waals surface area contributed by atoms with Crippen LogP contribution in [0.1, 0.15) is 11.3 Å². The van der Waals surface area contributed by atoms with Crippen molar-refractivity contribution in [1.82, 2.24) is 14.0 Å². The topological polar surface area (TPSA) is 107 Å². The highest BCUT2D eigenvalue weighted by atomic mass is 32.2. The van der Waals surface area contributed by atoms with Gasteiger partial charge in [-0.3, -0.25) is 14.1 Å². The van der Waals surface area contributed by atoms with E-state index in [-0.39, 0.29) is 24.5 Å². The molecule has 0 aliphatic carbocycles. The van der Waals surface area contributed by atoms with E-state index in [2.05, 4.69) is 14.4 Å². The zero-order valence-corrected chi connectivity index (χ0v) is 15.8. The fourth-order valence-corrected chi connectivity index (χ4v) is 4.42. The minimum atomic E-state index is -3.80. The summed E-state index contributed by atoms with van der Waals surface area (Å²) in [6.45, 7) is 0.358. The van der Waals surface area contributed by atoms with Crippen LogP contribution < -0.4 is 15.0 Å². The number of nitrogens with zero attached hydrogens (tertiary/aromatic N) is 3. The highest BCUT2D eigenvalue weighted by molar-refractivity contribution is 7.90. The van der Waals surface area contributed by atoms with Gasteiger partial charge in [0.15, 0.2) is 5.82 Å². The summed E-state index contributed by atoms with van der Waals surface area (Å²) >= 11 is 0. The summed E-state index contributed by atoms with van der Waals surface area (Å²) in [5.41, 5.74) is 1.95. The minimum Gasteiger partial charge on any atom is -0.495 e. The van der Waals surface area contributed by atoms with E-state index in [0.717, 1.165) is 11.3 Å². The Morgan fingerprint density at radius 2 is 2.00 bits per heavy atom. The van der Waals surface area contributed by atoms with Gasteiger partial charge in [-0.1, -0.05) is 23.4 Å². The van der Waals surface area contributed by atoms with Crippen molar-refractivity contribution in [3.05, 3.63) is 70.3 Å². The van der Waals surface area contributed by atoms with Crippen molar-refractivity contribution in [1.29, 1.82) is 0 Å². The summed E-state index contributed by atoms with van der Waals surface area (Å²) < 4.78 is 40.6. The van der Waals surface area contributed by atoms with E-state index in [9.17, 15) is 13.2 Å². The number of anilines is 1. The molecule has 3 aromatic rings. The second-order valence-corrected chi connectivity index (χ2v) is 7.90. The number of nitrogens with one attached hydrogen (secondary N) is 1. The molecular weight excluding hydrogens is 384 g/mol. The van der Waals surface area contributed by atoms with E-state index < -0.39 is 10.2 Å². The number of hydrogen-bond acceptors (Lipinski definition) is 6. The molecule has 1 aromatic carbocycles. The Hall–Kier alpha value is -3.11. The largest absolute Gasteiger partial charge is 0.495 e. The number of aromatic nitrogens is 2. The lowest BCUT2D eigenvalue weighted by Crippen LogP contribution is -2.41. The average Bonchev–Trinajstić information content (AvgIpc) is 3.20. The molecule has 4 rings (SSSR count). The van der Waals surface area contributed by atoms with E-state index in [1.165, 1.54) is 22.7 Å². The van der Waals surface area contributed by atoms with Gasteiger partial charge in [-0.05, 0) is 17.7 Å². The van der Waals surface area contributed by atoms with Crippen molar-refractivity contribution in [2.24, 2.45) is 0 Å². The lowest BCUT2D eigenvalue weighted by Gasteiger charge is -2.29. The molecule has 1 aliphatic heterocycles. The maximum Gasteiger partial charge on any atom is 0.303 e. The second kappa shape index (κ2) is 7.13. The molecule has 0 atom stereocenters. The van der Waals surface area contributed by atoms with Crippen molar-refractivity contribution in [3.8, 4) is 11.4 Å². The van der Waals surface area contributed by atoms with Gasteiger partial charge in [0.2, 0.25) is 0 Å². The van der Waals surface area contributed by atoms with E-state index in [1.54, 1.807) is 29.9 Å². The first-order valence-corrected chi connectivity index (χ1v) is 9.99. The Kier molecular flexibility index (Phi) is 4.65. The van der Waals surface area contributed by atoms with Crippen molar-refractivity contribution in [2.75, 3.05) is 18.4 Å². The first kappa shape index (κ1) is 18.3. The summed E-state index contributed by atoms with van der Waals surface area (Å²) in [5.74, 6) is 0.686. The van der Waals surface area contributed by atoms with E-state index in [1.807, 2.05) is 12.1 Å². The van der Waals surface area contributed by atoms with Crippen molar-refractivity contribution >= 4 is 16.0 Å². The van der Waals surface area contributed by atoms with E-state index in [4.69, 9.17) is 4.74 Å². The molecule has 0 saturated heterocycles. The number of rotatable bonds is 5. The maximum atomic E-state index is 12.6. The van der Waals surface area contributed by atoms with Crippen LogP contribution in [-0.4, -0.2) is 36.1 Å². The molecule has 1 aliphatic rings. The number of fused-ring (bicyclic) bond motifs is 1. The van der Waals surface area contributed by atoms with Crippen LogP contribution in [0.4, 0.5) is 5.82 Å². The second-order valence-electron chi connectivity index (χ2n) is 6.23. The Bertz CT molecular complexity index is 1150. The number of ether oxygens (including phenoxy) is 1. The van der Waals surface area contributed by atoms with Crippen LogP contribution >= 0.6 is 0 Å². The first-order valence-electron chi connectivity index (χ1n) is 8.55. The average molecular weight is 402 g/mol. The quantitative estimate of drug-likeness (QED) is 0.694. The van der Waals surface area contributed by atoms with Crippen LogP contribution in [0, 0.1) is 0 Å². The minimum absolute atomic E-state index is 0.116. The van der Waals surface area contributed by atoms with Gasteiger partial charge >= 0.3 is 10.2 Å². The Morgan fingerprint density at radius 3 is 2.75 bits per heavy atom. The molecule has 28 heavy (non-hydrogen) atoms. The van der Waals surface area contributed by atoms with Crippen LogP contribution in [-0.2, 0) is 23.2 Å². The molecule has 0 radical (unpaired) electrons. The van der Waals surface area contributed by atoms with Gasteiger partial charge in [-0.2, -0.15) is 12.7 Å². The van der Waals surface area contributed by atoms with Crippen LogP contribution in [0.3, 0.4) is 0 Å². The predicted octanol–water partition coefficient (Wildman–Crippen LogP) is 1.55. The van der Waals surface area contributed by atoms with Crippen LogP contribution in [0.2, 0.25) is 0 Å². The summed E-state index contributed by atoms with van der Waals surface area (Å²) in [4.78, 5) is 12.6. The zero-order valence-electron chi connectivity index (χ0n) is 15.0. The third-order valence-electron chi connectivity index (χ3n) is 4.57. The summed E-state index contributed by atoms with van der Waals surface area (Å²) in [5, 5.41) is 3.57. The molecule has 9 nitrogen and oxygen atoms in total. The van der Waals surface area contributed by atoms with Gasteiger partial charge in [0.1, 0.15) is 12.0 Å². The molecule has 0 spiro atoms. The molecule has 0 unspecified atom stereocenters. The fraction of sp³-hybridized carbons (Fsp3) is 0.222. The van der Waals surface area contributed by atoms with Gasteiger partial charge in [-0.25, -0.2) is 0 Å². The molecule has 146 valence electrons. The molecule has 10 heteroatoms. The van der Waals surface area contributed by atoms with Crippen LogP contribution in [0.25, 0.3) is 5.69 Å². The van der Waals surface area contributed by atoms with Crippen molar-refractivity contribution < 1.29 is 17.7 Å². The molecule has 3 heterocycles. The Morgan fingerprint density at radius 1 is 1.18 bits per heavy atom. The molecule has 2 aromatic heterocycles. The summed E-state index contributed by atoms with van der Waals surface area (Å²) in [6.07, 6.45) is 1.67. The van der Waals surface area contributed by atoms with Gasteiger partial charge in [0, 0.05) is 37.3 Å². The predicted molar refractivity (Wildman–Crippen MR) is 102 cm³/mol. The highest BCUT2D eigenvalue weighted by Gasteiger charge is 2.29. The third kappa shape index (κ3) is 3.27. The van der Waals surface area contributed by atoms with Gasteiger partial charge in [0.25, 0.3) is 5.56 Å².